The molecule has 1 aliphatic rings. The lowest BCUT2D eigenvalue weighted by atomic mass is 10.0. The maximum Gasteiger partial charge on any atom is 0.422 e. The Balaban J connectivity index is 2.02. The SMILES string of the molecule is COc1cn(C(CC2COCCO2)C(=O)O)c(=O)cc1-c1cc(Cl)ccc1OCC(F)(F)F. The molecule has 0 spiro atoms. The molecule has 1 fully saturated rings. The van der Waals surface area contributed by atoms with Crippen molar-refractivity contribution in [3.05, 3.63) is 45.8 Å². The number of hydrogen-bond acceptors (Lipinski definition) is 6. The number of carbonyl (C=O) groups is 1. The lowest BCUT2D eigenvalue weighted by molar-refractivity contribution is -0.153. The van der Waals surface area contributed by atoms with E-state index in [0.717, 1.165) is 10.6 Å². The van der Waals surface area contributed by atoms with Gasteiger partial charge in [0.25, 0.3) is 5.56 Å². The van der Waals surface area contributed by atoms with Crippen molar-refractivity contribution in [2.75, 3.05) is 33.5 Å². The van der Waals surface area contributed by atoms with Crippen LogP contribution in [0.4, 0.5) is 13.2 Å². The van der Waals surface area contributed by atoms with Crippen molar-refractivity contribution in [2.45, 2.75) is 24.7 Å². The van der Waals surface area contributed by atoms with Crippen molar-refractivity contribution < 1.29 is 42.0 Å². The minimum absolute atomic E-state index is 0.0329. The number of aromatic nitrogens is 1. The normalized spacial score (nSPS) is 17.4. The molecule has 2 unspecified atom stereocenters. The monoisotopic (exact) mass is 491 g/mol. The van der Waals surface area contributed by atoms with Crippen molar-refractivity contribution in [3.63, 3.8) is 0 Å². The molecule has 2 heterocycles. The number of ether oxygens (including phenoxy) is 4. The van der Waals surface area contributed by atoms with Gasteiger partial charge in [-0.25, -0.2) is 4.79 Å². The van der Waals surface area contributed by atoms with Crippen molar-refractivity contribution >= 4 is 17.6 Å². The first-order chi connectivity index (χ1) is 15.6. The zero-order chi connectivity index (χ0) is 24.2. The van der Waals surface area contributed by atoms with Crippen LogP contribution < -0.4 is 15.0 Å². The second kappa shape index (κ2) is 10.4. The van der Waals surface area contributed by atoms with E-state index in [-0.39, 0.29) is 40.7 Å². The maximum absolute atomic E-state index is 12.9. The molecule has 0 amide bonds. The Labute approximate surface area is 191 Å². The van der Waals surface area contributed by atoms with E-state index < -0.39 is 36.5 Å². The summed E-state index contributed by atoms with van der Waals surface area (Å²) in [6, 6.07) is 3.70. The minimum atomic E-state index is -4.58. The Kier molecular flexibility index (Phi) is 7.88. The fourth-order valence-corrected chi connectivity index (χ4v) is 3.57. The number of carboxylic acids is 1. The summed E-state index contributed by atoms with van der Waals surface area (Å²) in [4.78, 5) is 24.8. The lowest BCUT2D eigenvalue weighted by Gasteiger charge is -2.26. The van der Waals surface area contributed by atoms with Crippen LogP contribution in [0.5, 0.6) is 11.5 Å². The molecular formula is C21H21ClF3NO7. The molecule has 0 aliphatic carbocycles. The van der Waals surface area contributed by atoms with Crippen LogP contribution >= 0.6 is 11.6 Å². The molecule has 0 radical (unpaired) electrons. The highest BCUT2D eigenvalue weighted by atomic mass is 35.5. The highest BCUT2D eigenvalue weighted by Gasteiger charge is 2.30. The zero-order valence-electron chi connectivity index (χ0n) is 17.4. The molecule has 8 nitrogen and oxygen atoms in total. The number of methoxy groups -OCH3 is 1. The largest absolute Gasteiger partial charge is 0.495 e. The summed E-state index contributed by atoms with van der Waals surface area (Å²) in [5.41, 5.74) is -0.528. The number of carboxylic acid groups (broad SMARTS) is 1. The molecule has 2 atom stereocenters. The van der Waals surface area contributed by atoms with Gasteiger partial charge in [0, 0.05) is 28.6 Å². The standard InChI is InChI=1S/C21H21ClF3NO7/c1-30-18-9-26(16(20(28)29)7-13-10-31-4-5-32-13)19(27)8-15(18)14-6-12(22)2-3-17(14)33-11-21(23,24)25/h2-3,6,8-9,13,16H,4-5,7,10-11H2,1H3,(H,28,29). The predicted molar refractivity (Wildman–Crippen MR) is 111 cm³/mol. The number of pyridine rings is 1. The van der Waals surface area contributed by atoms with Crippen LogP contribution in [0.15, 0.2) is 35.3 Å². The number of halogens is 4. The van der Waals surface area contributed by atoms with Crippen molar-refractivity contribution in [3.8, 4) is 22.6 Å². The molecule has 1 aromatic heterocycles. The Morgan fingerprint density at radius 3 is 2.61 bits per heavy atom. The highest BCUT2D eigenvalue weighted by Crippen LogP contribution is 2.38. The van der Waals surface area contributed by atoms with E-state index in [1.807, 2.05) is 0 Å². The van der Waals surface area contributed by atoms with E-state index in [9.17, 15) is 27.9 Å². The quantitative estimate of drug-likeness (QED) is 0.603. The van der Waals surface area contributed by atoms with Crippen LogP contribution in [-0.2, 0) is 14.3 Å². The molecule has 33 heavy (non-hydrogen) atoms. The average molecular weight is 492 g/mol. The first-order valence-electron chi connectivity index (χ1n) is 9.81. The number of nitrogens with zero attached hydrogens (tertiary/aromatic N) is 1. The van der Waals surface area contributed by atoms with Gasteiger partial charge in [-0.05, 0) is 18.2 Å². The first-order valence-corrected chi connectivity index (χ1v) is 10.2. The van der Waals surface area contributed by atoms with E-state index in [2.05, 4.69) is 0 Å². The summed E-state index contributed by atoms with van der Waals surface area (Å²) in [5.74, 6) is -1.39. The van der Waals surface area contributed by atoms with Crippen LogP contribution in [0.2, 0.25) is 5.02 Å². The number of benzene rings is 1. The Hall–Kier alpha value is -2.76. The highest BCUT2D eigenvalue weighted by molar-refractivity contribution is 6.31. The Morgan fingerprint density at radius 1 is 1.27 bits per heavy atom. The number of rotatable bonds is 8. The summed E-state index contributed by atoms with van der Waals surface area (Å²) in [7, 11) is 1.28. The molecule has 12 heteroatoms. The smallest absolute Gasteiger partial charge is 0.422 e. The van der Waals surface area contributed by atoms with Gasteiger partial charge in [-0.1, -0.05) is 11.6 Å². The van der Waals surface area contributed by atoms with Gasteiger partial charge < -0.3 is 24.1 Å². The van der Waals surface area contributed by atoms with Crippen LogP contribution in [0.1, 0.15) is 12.5 Å². The fourth-order valence-electron chi connectivity index (χ4n) is 3.40. The first kappa shape index (κ1) is 24.9. The Bertz CT molecular complexity index is 1050. The summed E-state index contributed by atoms with van der Waals surface area (Å²) in [6.07, 6.45) is -3.94. The maximum atomic E-state index is 12.9. The van der Waals surface area contributed by atoms with Crippen molar-refractivity contribution in [2.24, 2.45) is 0 Å². The summed E-state index contributed by atoms with van der Waals surface area (Å²) in [6.45, 7) is -0.652. The summed E-state index contributed by atoms with van der Waals surface area (Å²) < 4.78 is 60.0. The minimum Gasteiger partial charge on any atom is -0.495 e. The number of alkyl halides is 3. The van der Waals surface area contributed by atoms with E-state index >= 15 is 0 Å². The summed E-state index contributed by atoms with van der Waals surface area (Å²) in [5, 5.41) is 9.91. The van der Waals surface area contributed by atoms with Gasteiger partial charge >= 0.3 is 12.1 Å². The molecular weight excluding hydrogens is 471 g/mol. The van der Waals surface area contributed by atoms with E-state index in [1.54, 1.807) is 0 Å². The van der Waals surface area contributed by atoms with Gasteiger partial charge in [0.15, 0.2) is 6.61 Å². The molecule has 1 aliphatic heterocycles. The van der Waals surface area contributed by atoms with Crippen LogP contribution in [0.25, 0.3) is 11.1 Å². The zero-order valence-corrected chi connectivity index (χ0v) is 18.2. The van der Waals surface area contributed by atoms with Gasteiger partial charge in [-0.15, -0.1) is 0 Å². The van der Waals surface area contributed by atoms with Gasteiger partial charge in [-0.2, -0.15) is 13.2 Å². The van der Waals surface area contributed by atoms with Gasteiger partial charge in [-0.3, -0.25) is 9.36 Å². The fraction of sp³-hybridized carbons (Fsp3) is 0.429. The molecule has 1 aromatic carbocycles. The third-order valence-corrected chi connectivity index (χ3v) is 5.11. The number of aliphatic carboxylic acids is 1. The third-order valence-electron chi connectivity index (χ3n) is 4.88. The molecule has 180 valence electrons. The van der Waals surface area contributed by atoms with E-state index in [0.29, 0.717) is 13.2 Å². The second-order valence-electron chi connectivity index (χ2n) is 7.20. The van der Waals surface area contributed by atoms with Crippen LogP contribution in [-0.4, -0.2) is 61.5 Å². The summed E-state index contributed by atoms with van der Waals surface area (Å²) >= 11 is 6.02. The van der Waals surface area contributed by atoms with E-state index in [4.69, 9.17) is 30.5 Å². The van der Waals surface area contributed by atoms with E-state index in [1.165, 1.54) is 31.5 Å². The van der Waals surface area contributed by atoms with Crippen LogP contribution in [0, 0.1) is 0 Å². The average Bonchev–Trinajstić information content (AvgIpc) is 2.76. The molecule has 0 saturated carbocycles. The van der Waals surface area contributed by atoms with Crippen LogP contribution in [0.3, 0.4) is 0 Å². The van der Waals surface area contributed by atoms with Gasteiger partial charge in [0.05, 0.1) is 39.2 Å². The topological polar surface area (TPSA) is 96.2 Å². The van der Waals surface area contributed by atoms with Crippen molar-refractivity contribution in [1.82, 2.24) is 4.57 Å². The molecule has 1 saturated heterocycles. The second-order valence-corrected chi connectivity index (χ2v) is 7.64. The molecule has 3 rings (SSSR count). The van der Waals surface area contributed by atoms with Crippen molar-refractivity contribution in [1.29, 1.82) is 0 Å². The number of hydrogen-bond donors (Lipinski definition) is 1. The molecule has 1 N–H and O–H groups in total. The van der Waals surface area contributed by atoms with Gasteiger partial charge in [0.1, 0.15) is 17.5 Å². The Morgan fingerprint density at radius 2 is 2.00 bits per heavy atom. The molecule has 0 bridgehead atoms. The predicted octanol–water partition coefficient (Wildman–Crippen LogP) is 3.55. The molecule has 2 aromatic rings. The lowest BCUT2D eigenvalue weighted by Crippen LogP contribution is -2.36. The van der Waals surface area contributed by atoms with Gasteiger partial charge in [0.2, 0.25) is 0 Å². The third kappa shape index (κ3) is 6.40.